The van der Waals surface area contributed by atoms with E-state index >= 15 is 0 Å². The van der Waals surface area contributed by atoms with Gasteiger partial charge in [-0.25, -0.2) is 10.4 Å². The molecule has 0 aromatic heterocycles. The monoisotopic (exact) mass is 285 g/mol. The first-order valence-electron chi connectivity index (χ1n) is 7.16. The number of rotatable bonds is 4. The molecule has 1 saturated carbocycles. The lowest BCUT2D eigenvalue weighted by Crippen LogP contribution is -2.64. The van der Waals surface area contributed by atoms with Crippen LogP contribution in [0.15, 0.2) is 0 Å². The Morgan fingerprint density at radius 3 is 1.95 bits per heavy atom. The van der Waals surface area contributed by atoms with Gasteiger partial charge in [-0.3, -0.25) is 9.59 Å². The summed E-state index contributed by atoms with van der Waals surface area (Å²) in [5, 5.41) is 20.4. The van der Waals surface area contributed by atoms with Crippen molar-refractivity contribution in [1.82, 2.24) is 10.4 Å². The van der Waals surface area contributed by atoms with Crippen LogP contribution in [0.3, 0.4) is 0 Å². The number of nitrogens with zero attached hydrogens (tertiary/aromatic N) is 1. The molecule has 7 nitrogen and oxygen atoms in total. The molecule has 0 unspecified atom stereocenters. The minimum Gasteiger partial charge on any atom is -0.480 e. The second kappa shape index (κ2) is 5.67. The number of nitrogens with two attached hydrogens (primary N) is 1. The molecular formula is C13H23N3O4. The summed E-state index contributed by atoms with van der Waals surface area (Å²) in [5.74, 6) is -1.80. The van der Waals surface area contributed by atoms with Crippen LogP contribution in [0.4, 0.5) is 0 Å². The van der Waals surface area contributed by atoms with E-state index in [2.05, 4.69) is 5.43 Å². The molecule has 2 fully saturated rings. The number of piperidine rings is 1. The number of hydrogen-bond acceptors (Lipinski definition) is 5. The summed E-state index contributed by atoms with van der Waals surface area (Å²) >= 11 is 0. The highest BCUT2D eigenvalue weighted by molar-refractivity contribution is 5.79. The average Bonchev–Trinajstić information content (AvgIpc) is 2.42. The molecule has 1 aliphatic heterocycles. The van der Waals surface area contributed by atoms with Crippen molar-refractivity contribution in [2.24, 2.45) is 5.73 Å². The van der Waals surface area contributed by atoms with E-state index in [4.69, 9.17) is 10.8 Å². The molecule has 2 aliphatic rings. The highest BCUT2D eigenvalue weighted by atomic mass is 16.4. The second-order valence-electron chi connectivity index (χ2n) is 6.01. The zero-order valence-electron chi connectivity index (χ0n) is 11.6. The van der Waals surface area contributed by atoms with Gasteiger partial charge in [0.25, 0.3) is 0 Å². The van der Waals surface area contributed by atoms with E-state index in [1.165, 1.54) is 0 Å². The maximum atomic E-state index is 11.6. The Labute approximate surface area is 118 Å². The summed E-state index contributed by atoms with van der Waals surface area (Å²) < 4.78 is 0. The summed E-state index contributed by atoms with van der Waals surface area (Å²) in [6.07, 6.45) is 4.76. The number of aliphatic carboxylic acids is 2. The third-order valence-electron chi connectivity index (χ3n) is 4.57. The number of hydrazine groups is 1. The molecule has 114 valence electrons. The van der Waals surface area contributed by atoms with E-state index in [1.54, 1.807) is 0 Å². The molecule has 7 heteroatoms. The highest BCUT2D eigenvalue weighted by Gasteiger charge is 2.43. The number of nitrogens with one attached hydrogen (secondary N) is 1. The first-order valence-corrected chi connectivity index (χ1v) is 7.16. The zero-order chi connectivity index (χ0) is 14.8. The SMILES string of the molecule is NC1(C(=O)O)CCN(NC2(C(=O)O)CCCCC2)CC1. The lowest BCUT2D eigenvalue weighted by atomic mass is 9.82. The van der Waals surface area contributed by atoms with E-state index in [0.29, 0.717) is 38.8 Å². The fourth-order valence-electron chi connectivity index (χ4n) is 3.06. The Kier molecular flexibility index (Phi) is 4.31. The molecule has 0 spiro atoms. The van der Waals surface area contributed by atoms with Gasteiger partial charge in [-0.2, -0.15) is 0 Å². The van der Waals surface area contributed by atoms with Crippen molar-refractivity contribution in [3.8, 4) is 0 Å². The largest absolute Gasteiger partial charge is 0.480 e. The lowest BCUT2D eigenvalue weighted by Gasteiger charge is -2.43. The third kappa shape index (κ3) is 2.94. The highest BCUT2D eigenvalue weighted by Crippen LogP contribution is 2.30. The van der Waals surface area contributed by atoms with Crippen molar-refractivity contribution in [3.63, 3.8) is 0 Å². The van der Waals surface area contributed by atoms with Crippen molar-refractivity contribution in [2.45, 2.75) is 56.0 Å². The topological polar surface area (TPSA) is 116 Å². The number of carboxylic acids is 2. The third-order valence-corrected chi connectivity index (χ3v) is 4.57. The Balaban J connectivity index is 1.97. The van der Waals surface area contributed by atoms with Gasteiger partial charge in [0, 0.05) is 13.1 Å². The van der Waals surface area contributed by atoms with Crippen LogP contribution in [-0.2, 0) is 9.59 Å². The normalized spacial score (nSPS) is 26.1. The van der Waals surface area contributed by atoms with Gasteiger partial charge < -0.3 is 15.9 Å². The first-order chi connectivity index (χ1) is 9.38. The number of carbonyl (C=O) groups is 2. The molecule has 1 aliphatic carbocycles. The minimum absolute atomic E-state index is 0.324. The molecule has 1 heterocycles. The van der Waals surface area contributed by atoms with Crippen LogP contribution in [0.1, 0.15) is 44.9 Å². The van der Waals surface area contributed by atoms with Crippen LogP contribution in [0, 0.1) is 0 Å². The molecule has 0 aromatic rings. The zero-order valence-corrected chi connectivity index (χ0v) is 11.6. The first kappa shape index (κ1) is 15.2. The van der Waals surface area contributed by atoms with Gasteiger partial charge in [0.1, 0.15) is 11.1 Å². The maximum Gasteiger partial charge on any atom is 0.325 e. The van der Waals surface area contributed by atoms with Gasteiger partial charge in [-0.15, -0.1) is 0 Å². The predicted molar refractivity (Wildman–Crippen MR) is 71.9 cm³/mol. The van der Waals surface area contributed by atoms with Crippen LogP contribution >= 0.6 is 0 Å². The Morgan fingerprint density at radius 1 is 0.950 bits per heavy atom. The van der Waals surface area contributed by atoms with Gasteiger partial charge in [0.15, 0.2) is 0 Å². The summed E-state index contributed by atoms with van der Waals surface area (Å²) in [5.41, 5.74) is 6.88. The van der Waals surface area contributed by atoms with Gasteiger partial charge in [0.2, 0.25) is 0 Å². The van der Waals surface area contributed by atoms with Crippen molar-refractivity contribution in [1.29, 1.82) is 0 Å². The standard InChI is InChI=1S/C13H23N3O4/c14-12(10(17)18)6-8-16(9-7-12)15-13(11(19)20)4-2-1-3-5-13/h15H,1-9,14H2,(H,17,18)(H,19,20). The molecule has 0 bridgehead atoms. The molecule has 0 radical (unpaired) electrons. The second-order valence-corrected chi connectivity index (χ2v) is 6.01. The van der Waals surface area contributed by atoms with Crippen LogP contribution < -0.4 is 11.2 Å². The van der Waals surface area contributed by atoms with Crippen LogP contribution in [0.25, 0.3) is 0 Å². The summed E-state index contributed by atoms with van der Waals surface area (Å²) in [4.78, 5) is 22.7. The minimum atomic E-state index is -1.18. The van der Waals surface area contributed by atoms with Crippen molar-refractivity contribution < 1.29 is 19.8 Å². The van der Waals surface area contributed by atoms with Crippen molar-refractivity contribution in [3.05, 3.63) is 0 Å². The van der Waals surface area contributed by atoms with Gasteiger partial charge in [0.05, 0.1) is 0 Å². The molecule has 5 N–H and O–H groups in total. The maximum absolute atomic E-state index is 11.6. The molecule has 1 saturated heterocycles. The smallest absolute Gasteiger partial charge is 0.325 e. The van der Waals surface area contributed by atoms with Crippen molar-refractivity contribution in [2.75, 3.05) is 13.1 Å². The predicted octanol–water partition coefficient (Wildman–Crippen LogP) is 0.156. The van der Waals surface area contributed by atoms with Crippen LogP contribution in [0.5, 0.6) is 0 Å². The molecular weight excluding hydrogens is 262 g/mol. The molecule has 2 rings (SSSR count). The van der Waals surface area contributed by atoms with Gasteiger partial charge in [-0.1, -0.05) is 19.3 Å². The van der Waals surface area contributed by atoms with E-state index in [0.717, 1.165) is 19.3 Å². The van der Waals surface area contributed by atoms with E-state index in [9.17, 15) is 14.7 Å². The molecule has 0 atom stereocenters. The summed E-state index contributed by atoms with van der Waals surface area (Å²) in [6, 6.07) is 0. The van der Waals surface area contributed by atoms with Crippen LogP contribution in [-0.4, -0.2) is 51.3 Å². The van der Waals surface area contributed by atoms with Crippen molar-refractivity contribution >= 4 is 11.9 Å². The average molecular weight is 285 g/mol. The Bertz CT molecular complexity index is 385. The van der Waals surface area contributed by atoms with E-state index in [1.807, 2.05) is 5.01 Å². The Morgan fingerprint density at radius 2 is 1.50 bits per heavy atom. The Hall–Kier alpha value is -1.18. The molecule has 20 heavy (non-hydrogen) atoms. The van der Waals surface area contributed by atoms with E-state index < -0.39 is 23.0 Å². The molecule has 0 aromatic carbocycles. The van der Waals surface area contributed by atoms with E-state index in [-0.39, 0.29) is 0 Å². The summed E-state index contributed by atoms with van der Waals surface area (Å²) in [6.45, 7) is 0.912. The number of carboxylic acid groups (broad SMARTS) is 2. The van der Waals surface area contributed by atoms with Gasteiger partial charge in [-0.05, 0) is 25.7 Å². The quantitative estimate of drug-likeness (QED) is 0.581. The summed E-state index contributed by atoms with van der Waals surface area (Å²) in [7, 11) is 0. The van der Waals surface area contributed by atoms with Crippen LogP contribution in [0.2, 0.25) is 0 Å². The fourth-order valence-corrected chi connectivity index (χ4v) is 3.06. The lowest BCUT2D eigenvalue weighted by molar-refractivity contribution is -0.152. The fraction of sp³-hybridized carbons (Fsp3) is 0.846. The van der Waals surface area contributed by atoms with Gasteiger partial charge >= 0.3 is 11.9 Å². The molecule has 0 amide bonds. The number of hydrogen-bond donors (Lipinski definition) is 4.